The number of piperidine rings is 1. The van der Waals surface area contributed by atoms with Crippen molar-refractivity contribution < 1.29 is 4.79 Å². The van der Waals surface area contributed by atoms with Crippen molar-refractivity contribution in [1.29, 1.82) is 0 Å². The van der Waals surface area contributed by atoms with E-state index in [1.807, 2.05) is 29.2 Å². The number of hydrogen-bond donors (Lipinski definition) is 0. The number of carbonyl (C=O) groups is 1. The Morgan fingerprint density at radius 1 is 1.04 bits per heavy atom. The summed E-state index contributed by atoms with van der Waals surface area (Å²) in [6.45, 7) is 1.67. The van der Waals surface area contributed by atoms with Crippen LogP contribution in [0.1, 0.15) is 24.0 Å². The first-order valence-corrected chi connectivity index (χ1v) is 8.85. The van der Waals surface area contributed by atoms with E-state index in [0.29, 0.717) is 10.9 Å². The Bertz CT molecular complexity index is 703. The number of amides is 1. The predicted octanol–water partition coefficient (Wildman–Crippen LogP) is 4.83. The molecule has 2 aromatic rings. The summed E-state index contributed by atoms with van der Waals surface area (Å²) >= 11 is 6.11. The molecule has 2 nitrogen and oxygen atoms in total. The third-order valence-corrected chi connectivity index (χ3v) is 4.95. The van der Waals surface area contributed by atoms with Gasteiger partial charge in [0, 0.05) is 24.2 Å². The second-order valence-corrected chi connectivity index (χ2v) is 6.72. The lowest BCUT2D eigenvalue weighted by molar-refractivity contribution is -0.127. The average molecular weight is 340 g/mol. The molecule has 1 saturated heterocycles. The molecule has 1 aliphatic heterocycles. The van der Waals surface area contributed by atoms with Gasteiger partial charge in [0.05, 0.1) is 0 Å². The molecule has 0 bridgehead atoms. The van der Waals surface area contributed by atoms with Crippen LogP contribution < -0.4 is 0 Å². The molecule has 1 amide bonds. The molecule has 3 heteroatoms. The molecule has 0 aromatic heterocycles. The van der Waals surface area contributed by atoms with E-state index in [0.717, 1.165) is 37.9 Å². The summed E-state index contributed by atoms with van der Waals surface area (Å²) < 4.78 is 0. The summed E-state index contributed by atoms with van der Waals surface area (Å²) in [7, 11) is 0. The van der Waals surface area contributed by atoms with E-state index in [2.05, 4.69) is 30.3 Å². The van der Waals surface area contributed by atoms with Crippen molar-refractivity contribution in [3.05, 3.63) is 76.8 Å². The second kappa shape index (κ2) is 8.16. The minimum absolute atomic E-state index is 0.0769. The molecule has 0 N–H and O–H groups in total. The molecule has 0 atom stereocenters. The Hall–Kier alpha value is -2.06. The Morgan fingerprint density at radius 2 is 1.71 bits per heavy atom. The first-order chi connectivity index (χ1) is 11.7. The van der Waals surface area contributed by atoms with Gasteiger partial charge in [0.15, 0.2) is 0 Å². The van der Waals surface area contributed by atoms with Gasteiger partial charge in [-0.15, -0.1) is 0 Å². The number of likely N-dealkylation sites (tertiary alicyclic amines) is 1. The van der Waals surface area contributed by atoms with Gasteiger partial charge < -0.3 is 4.90 Å². The van der Waals surface area contributed by atoms with E-state index in [4.69, 9.17) is 11.6 Å². The van der Waals surface area contributed by atoms with Gasteiger partial charge in [0.25, 0.3) is 0 Å². The van der Waals surface area contributed by atoms with E-state index < -0.39 is 0 Å². The molecule has 124 valence electrons. The molecule has 0 saturated carbocycles. The summed E-state index contributed by atoms with van der Waals surface area (Å²) in [6.07, 6.45) is 6.69. The van der Waals surface area contributed by atoms with Crippen LogP contribution in [0.4, 0.5) is 0 Å². The first kappa shape index (κ1) is 16.8. The van der Waals surface area contributed by atoms with Crippen molar-refractivity contribution in [3.8, 4) is 0 Å². The molecule has 0 aliphatic carbocycles. The molecular formula is C21H22ClNO. The Morgan fingerprint density at radius 3 is 2.42 bits per heavy atom. The van der Waals surface area contributed by atoms with Crippen LogP contribution in [0.15, 0.2) is 60.7 Å². The molecule has 2 aromatic carbocycles. The molecular weight excluding hydrogens is 318 g/mol. The fraction of sp³-hybridized carbons (Fsp3) is 0.286. The van der Waals surface area contributed by atoms with Crippen LogP contribution in [0.2, 0.25) is 5.02 Å². The number of halogens is 1. The number of hydrogen-bond acceptors (Lipinski definition) is 1. The fourth-order valence-corrected chi connectivity index (χ4v) is 3.38. The monoisotopic (exact) mass is 339 g/mol. The standard InChI is InChI=1S/C21H22ClNO/c22-20-9-5-4-8-19(20)10-11-21(24)23-14-12-18(13-15-23)16-17-6-2-1-3-7-17/h1-11,18H,12-16H2/b11-10+. The van der Waals surface area contributed by atoms with E-state index in [1.54, 1.807) is 12.2 Å². The highest BCUT2D eigenvalue weighted by Gasteiger charge is 2.21. The van der Waals surface area contributed by atoms with Crippen molar-refractivity contribution in [2.45, 2.75) is 19.3 Å². The van der Waals surface area contributed by atoms with E-state index in [-0.39, 0.29) is 5.91 Å². The van der Waals surface area contributed by atoms with Gasteiger partial charge in [-0.3, -0.25) is 4.79 Å². The van der Waals surface area contributed by atoms with Crippen molar-refractivity contribution in [1.82, 2.24) is 4.90 Å². The minimum atomic E-state index is 0.0769. The van der Waals surface area contributed by atoms with Gasteiger partial charge >= 0.3 is 0 Å². The van der Waals surface area contributed by atoms with Gasteiger partial charge in [-0.25, -0.2) is 0 Å². The molecule has 0 radical (unpaired) electrons. The maximum absolute atomic E-state index is 12.3. The lowest BCUT2D eigenvalue weighted by Crippen LogP contribution is -2.37. The summed E-state index contributed by atoms with van der Waals surface area (Å²) in [5, 5.41) is 0.670. The van der Waals surface area contributed by atoms with Gasteiger partial charge in [-0.1, -0.05) is 60.1 Å². The predicted molar refractivity (Wildman–Crippen MR) is 99.9 cm³/mol. The molecule has 0 unspecified atom stereocenters. The molecule has 0 spiro atoms. The van der Waals surface area contributed by atoms with Crippen molar-refractivity contribution in [2.24, 2.45) is 5.92 Å². The maximum Gasteiger partial charge on any atom is 0.246 e. The van der Waals surface area contributed by atoms with Crippen molar-refractivity contribution in [2.75, 3.05) is 13.1 Å². The Balaban J connectivity index is 1.51. The highest BCUT2D eigenvalue weighted by molar-refractivity contribution is 6.32. The topological polar surface area (TPSA) is 20.3 Å². The van der Waals surface area contributed by atoms with Crippen molar-refractivity contribution >= 4 is 23.6 Å². The van der Waals surface area contributed by atoms with Gasteiger partial charge in [-0.05, 0) is 48.4 Å². The van der Waals surface area contributed by atoms with Gasteiger partial charge in [0.1, 0.15) is 0 Å². The minimum Gasteiger partial charge on any atom is -0.339 e. The average Bonchev–Trinajstić information content (AvgIpc) is 2.62. The van der Waals surface area contributed by atoms with E-state index >= 15 is 0 Å². The number of rotatable bonds is 4. The van der Waals surface area contributed by atoms with E-state index in [9.17, 15) is 4.79 Å². The number of carbonyl (C=O) groups excluding carboxylic acids is 1. The number of nitrogens with zero attached hydrogens (tertiary/aromatic N) is 1. The normalized spacial score (nSPS) is 15.8. The zero-order chi connectivity index (χ0) is 16.8. The Kier molecular flexibility index (Phi) is 5.71. The largest absolute Gasteiger partial charge is 0.339 e. The van der Waals surface area contributed by atoms with Crippen LogP contribution >= 0.6 is 11.6 Å². The van der Waals surface area contributed by atoms with Crippen LogP contribution in [0.3, 0.4) is 0 Å². The molecule has 1 heterocycles. The Labute approximate surface area is 148 Å². The maximum atomic E-state index is 12.3. The summed E-state index contributed by atoms with van der Waals surface area (Å²) in [5.74, 6) is 0.747. The molecule has 1 fully saturated rings. The summed E-state index contributed by atoms with van der Waals surface area (Å²) in [4.78, 5) is 14.3. The van der Waals surface area contributed by atoms with Crippen LogP contribution in [0.25, 0.3) is 6.08 Å². The lowest BCUT2D eigenvalue weighted by atomic mass is 9.90. The lowest BCUT2D eigenvalue weighted by Gasteiger charge is -2.31. The smallest absolute Gasteiger partial charge is 0.246 e. The molecule has 24 heavy (non-hydrogen) atoms. The zero-order valence-electron chi connectivity index (χ0n) is 13.7. The highest BCUT2D eigenvalue weighted by Crippen LogP contribution is 2.22. The third-order valence-electron chi connectivity index (χ3n) is 4.60. The summed E-state index contributed by atoms with van der Waals surface area (Å²) in [5.41, 5.74) is 2.27. The van der Waals surface area contributed by atoms with Crippen molar-refractivity contribution in [3.63, 3.8) is 0 Å². The van der Waals surface area contributed by atoms with Crippen LogP contribution in [-0.2, 0) is 11.2 Å². The van der Waals surface area contributed by atoms with Gasteiger partial charge in [0.2, 0.25) is 5.91 Å². The molecule has 1 aliphatic rings. The SMILES string of the molecule is O=C(/C=C/c1ccccc1Cl)N1CCC(Cc2ccccc2)CC1. The molecule has 3 rings (SSSR count). The van der Waals surface area contributed by atoms with Crippen LogP contribution in [0, 0.1) is 5.92 Å². The highest BCUT2D eigenvalue weighted by atomic mass is 35.5. The quantitative estimate of drug-likeness (QED) is 0.730. The van der Waals surface area contributed by atoms with Crippen LogP contribution in [0.5, 0.6) is 0 Å². The fourth-order valence-electron chi connectivity index (χ4n) is 3.18. The number of benzene rings is 2. The second-order valence-electron chi connectivity index (χ2n) is 6.31. The van der Waals surface area contributed by atoms with E-state index in [1.165, 1.54) is 5.56 Å². The van der Waals surface area contributed by atoms with Crippen LogP contribution in [-0.4, -0.2) is 23.9 Å². The third kappa shape index (κ3) is 4.48. The first-order valence-electron chi connectivity index (χ1n) is 8.48. The van der Waals surface area contributed by atoms with Gasteiger partial charge in [-0.2, -0.15) is 0 Å². The zero-order valence-corrected chi connectivity index (χ0v) is 14.5. The summed E-state index contributed by atoms with van der Waals surface area (Å²) in [6, 6.07) is 18.2.